The Hall–Kier alpha value is -2.10. The van der Waals surface area contributed by atoms with Gasteiger partial charge in [-0.05, 0) is 52.7 Å². The van der Waals surface area contributed by atoms with Crippen LogP contribution in [0.15, 0.2) is 30.6 Å². The molecule has 1 aliphatic rings. The van der Waals surface area contributed by atoms with E-state index < -0.39 is 0 Å². The van der Waals surface area contributed by atoms with Gasteiger partial charge in [-0.1, -0.05) is 17.2 Å². The third-order valence-electron chi connectivity index (χ3n) is 4.80. The van der Waals surface area contributed by atoms with Gasteiger partial charge in [-0.25, -0.2) is 4.98 Å². The van der Waals surface area contributed by atoms with Crippen LogP contribution in [0.25, 0.3) is 0 Å². The summed E-state index contributed by atoms with van der Waals surface area (Å²) in [5.74, 6) is 1.59. The van der Waals surface area contributed by atoms with Gasteiger partial charge in [0.15, 0.2) is 0 Å². The second-order valence-electron chi connectivity index (χ2n) is 7.25. The fourth-order valence-corrected chi connectivity index (χ4v) is 3.73. The summed E-state index contributed by atoms with van der Waals surface area (Å²) in [6.45, 7) is 10.0. The van der Waals surface area contributed by atoms with E-state index in [1.165, 1.54) is 0 Å². The van der Waals surface area contributed by atoms with Crippen molar-refractivity contribution in [1.29, 1.82) is 0 Å². The zero-order valence-electron chi connectivity index (χ0n) is 15.1. The van der Waals surface area contributed by atoms with Crippen LogP contribution in [-0.4, -0.2) is 33.4 Å². The van der Waals surface area contributed by atoms with Crippen LogP contribution in [-0.2, 0) is 0 Å². The quantitative estimate of drug-likeness (QED) is 0.852. The summed E-state index contributed by atoms with van der Waals surface area (Å²) in [5, 5.41) is 0. The van der Waals surface area contributed by atoms with E-state index in [-0.39, 0.29) is 5.91 Å². The predicted octanol–water partition coefficient (Wildman–Crippen LogP) is 4.10. The number of amides is 1. The first kappa shape index (κ1) is 16.7. The number of imidazole rings is 1. The van der Waals surface area contributed by atoms with E-state index in [1.54, 1.807) is 0 Å². The van der Waals surface area contributed by atoms with Crippen molar-refractivity contribution in [2.75, 3.05) is 13.1 Å². The molecule has 2 heterocycles. The number of aromatic nitrogens is 2. The molecule has 0 aliphatic carbocycles. The maximum absolute atomic E-state index is 12.9. The van der Waals surface area contributed by atoms with Crippen LogP contribution in [0.2, 0.25) is 0 Å². The Kier molecular flexibility index (Phi) is 4.74. The van der Waals surface area contributed by atoms with E-state index in [2.05, 4.69) is 29.5 Å². The van der Waals surface area contributed by atoms with Crippen LogP contribution in [0.3, 0.4) is 0 Å². The van der Waals surface area contributed by atoms with Crippen molar-refractivity contribution in [3.8, 4) is 0 Å². The SMILES string of the molecule is Cc1cc(C)cc(C(=O)N2CCC[C@H](c3nccn3C(C)C)C2)c1. The van der Waals surface area contributed by atoms with Gasteiger partial charge < -0.3 is 9.47 Å². The number of hydrogen-bond acceptors (Lipinski definition) is 2. The summed E-state index contributed by atoms with van der Waals surface area (Å²) in [6, 6.07) is 6.49. The van der Waals surface area contributed by atoms with Crippen LogP contribution in [0.4, 0.5) is 0 Å². The summed E-state index contributed by atoms with van der Waals surface area (Å²) in [6.07, 6.45) is 6.05. The third-order valence-corrected chi connectivity index (χ3v) is 4.80. The van der Waals surface area contributed by atoms with Gasteiger partial charge in [-0.15, -0.1) is 0 Å². The monoisotopic (exact) mass is 325 g/mol. The number of likely N-dealkylation sites (tertiary alicyclic amines) is 1. The first-order chi connectivity index (χ1) is 11.5. The Morgan fingerprint density at radius 1 is 1.21 bits per heavy atom. The highest BCUT2D eigenvalue weighted by Gasteiger charge is 2.28. The van der Waals surface area contributed by atoms with Crippen molar-refractivity contribution in [3.63, 3.8) is 0 Å². The maximum atomic E-state index is 12.9. The number of rotatable bonds is 3. The van der Waals surface area contributed by atoms with Crippen molar-refractivity contribution in [2.24, 2.45) is 0 Å². The largest absolute Gasteiger partial charge is 0.338 e. The van der Waals surface area contributed by atoms with Crippen molar-refractivity contribution >= 4 is 5.91 Å². The molecule has 1 aromatic heterocycles. The molecule has 4 heteroatoms. The Bertz CT molecular complexity index is 712. The van der Waals surface area contributed by atoms with Crippen LogP contribution in [0, 0.1) is 13.8 Å². The van der Waals surface area contributed by atoms with E-state index in [0.29, 0.717) is 12.0 Å². The van der Waals surface area contributed by atoms with E-state index in [9.17, 15) is 4.79 Å². The van der Waals surface area contributed by atoms with Crippen LogP contribution < -0.4 is 0 Å². The molecule has 1 amide bonds. The Labute approximate surface area is 144 Å². The highest BCUT2D eigenvalue weighted by molar-refractivity contribution is 5.94. The molecule has 2 aromatic rings. The zero-order valence-corrected chi connectivity index (χ0v) is 15.1. The lowest BCUT2D eigenvalue weighted by molar-refractivity contribution is 0.0703. The lowest BCUT2D eigenvalue weighted by atomic mass is 9.96. The first-order valence-electron chi connectivity index (χ1n) is 8.86. The van der Waals surface area contributed by atoms with Crippen LogP contribution >= 0.6 is 0 Å². The molecular weight excluding hydrogens is 298 g/mol. The minimum atomic E-state index is 0.147. The standard InChI is InChI=1S/C20H27N3O/c1-14(2)23-9-7-21-19(23)17-6-5-8-22(13-17)20(24)18-11-15(3)10-16(4)12-18/h7,9-12,14,17H,5-6,8,13H2,1-4H3/t17-/m0/s1. The normalized spacial score (nSPS) is 18.2. The number of aryl methyl sites for hydroxylation is 2. The number of carbonyl (C=O) groups excluding carboxylic acids is 1. The van der Waals surface area contributed by atoms with Crippen molar-refractivity contribution in [3.05, 3.63) is 53.1 Å². The van der Waals surface area contributed by atoms with E-state index >= 15 is 0 Å². The number of nitrogens with zero attached hydrogens (tertiary/aromatic N) is 3. The zero-order chi connectivity index (χ0) is 17.3. The van der Waals surface area contributed by atoms with Gasteiger partial charge in [0.1, 0.15) is 5.82 Å². The fraction of sp³-hybridized carbons (Fsp3) is 0.500. The number of benzene rings is 1. The van der Waals surface area contributed by atoms with Gasteiger partial charge in [0.05, 0.1) is 0 Å². The lowest BCUT2D eigenvalue weighted by Crippen LogP contribution is -2.39. The summed E-state index contributed by atoms with van der Waals surface area (Å²) < 4.78 is 2.23. The second kappa shape index (κ2) is 6.80. The van der Waals surface area contributed by atoms with Gasteiger partial charge in [-0.2, -0.15) is 0 Å². The van der Waals surface area contributed by atoms with Crippen molar-refractivity contribution < 1.29 is 4.79 Å². The van der Waals surface area contributed by atoms with E-state index in [1.807, 2.05) is 43.3 Å². The Morgan fingerprint density at radius 3 is 2.58 bits per heavy atom. The van der Waals surface area contributed by atoms with Gasteiger partial charge in [0.25, 0.3) is 5.91 Å². The molecule has 128 valence electrons. The highest BCUT2D eigenvalue weighted by Crippen LogP contribution is 2.28. The fourth-order valence-electron chi connectivity index (χ4n) is 3.73. The third kappa shape index (κ3) is 3.37. The average molecular weight is 325 g/mol. The summed E-state index contributed by atoms with van der Waals surface area (Å²) in [5.41, 5.74) is 3.09. The molecule has 0 bridgehead atoms. The van der Waals surface area contributed by atoms with Crippen molar-refractivity contribution in [2.45, 2.75) is 52.5 Å². The molecule has 0 N–H and O–H groups in total. The molecule has 1 saturated heterocycles. The molecule has 1 aliphatic heterocycles. The maximum Gasteiger partial charge on any atom is 0.253 e. The van der Waals surface area contributed by atoms with Crippen molar-refractivity contribution in [1.82, 2.24) is 14.5 Å². The molecule has 3 rings (SSSR count). The molecule has 0 unspecified atom stereocenters. The molecule has 4 nitrogen and oxygen atoms in total. The summed E-state index contributed by atoms with van der Waals surface area (Å²) >= 11 is 0. The van der Waals surface area contributed by atoms with Gasteiger partial charge in [-0.3, -0.25) is 4.79 Å². The average Bonchev–Trinajstić information content (AvgIpc) is 3.03. The highest BCUT2D eigenvalue weighted by atomic mass is 16.2. The minimum absolute atomic E-state index is 0.147. The topological polar surface area (TPSA) is 38.1 Å². The molecule has 0 radical (unpaired) electrons. The van der Waals surface area contributed by atoms with Gasteiger partial charge >= 0.3 is 0 Å². The predicted molar refractivity (Wildman–Crippen MR) is 96.4 cm³/mol. The number of piperidine rings is 1. The second-order valence-corrected chi connectivity index (χ2v) is 7.25. The lowest BCUT2D eigenvalue weighted by Gasteiger charge is -2.33. The van der Waals surface area contributed by atoms with Crippen LogP contribution in [0.1, 0.15) is 66.0 Å². The van der Waals surface area contributed by atoms with Gasteiger partial charge in [0, 0.05) is 43.0 Å². The molecule has 24 heavy (non-hydrogen) atoms. The van der Waals surface area contributed by atoms with Gasteiger partial charge in [0.2, 0.25) is 0 Å². The van der Waals surface area contributed by atoms with E-state index in [4.69, 9.17) is 0 Å². The molecule has 1 atom stereocenters. The Balaban J connectivity index is 1.80. The summed E-state index contributed by atoms with van der Waals surface area (Å²) in [4.78, 5) is 19.5. The Morgan fingerprint density at radius 2 is 1.92 bits per heavy atom. The smallest absolute Gasteiger partial charge is 0.253 e. The molecule has 0 saturated carbocycles. The minimum Gasteiger partial charge on any atom is -0.338 e. The first-order valence-corrected chi connectivity index (χ1v) is 8.86. The van der Waals surface area contributed by atoms with Crippen LogP contribution in [0.5, 0.6) is 0 Å². The van der Waals surface area contributed by atoms with E-state index in [0.717, 1.165) is 48.4 Å². The molecule has 0 spiro atoms. The summed E-state index contributed by atoms with van der Waals surface area (Å²) in [7, 11) is 0. The molecular formula is C20H27N3O. The molecule has 1 aromatic carbocycles. The number of carbonyl (C=O) groups is 1. The molecule has 1 fully saturated rings. The number of hydrogen-bond donors (Lipinski definition) is 0.